The van der Waals surface area contributed by atoms with Crippen molar-refractivity contribution in [2.24, 2.45) is 0 Å². The lowest BCUT2D eigenvalue weighted by Gasteiger charge is -2.44. The Kier molecular flexibility index (Phi) is 6.82. The Balaban J connectivity index is 2.04. The van der Waals surface area contributed by atoms with E-state index in [2.05, 4.69) is 4.90 Å². The second-order valence-electron chi connectivity index (χ2n) is 6.93. The van der Waals surface area contributed by atoms with E-state index in [4.69, 9.17) is 9.47 Å². The normalized spacial score (nSPS) is 22.5. The molecule has 1 aliphatic rings. The van der Waals surface area contributed by atoms with Gasteiger partial charge in [-0.15, -0.1) is 0 Å². The van der Waals surface area contributed by atoms with E-state index in [0.29, 0.717) is 13.0 Å². The second kappa shape index (κ2) is 9.51. The molecule has 0 radical (unpaired) electrons. The molecule has 3 atom stereocenters. The minimum absolute atomic E-state index is 0.242. The number of esters is 2. The number of carbonyl (C=O) groups is 2. The molecule has 1 heterocycles. The highest BCUT2D eigenvalue weighted by Gasteiger charge is 2.47. The molecule has 0 spiro atoms. The number of hydrogen-bond acceptors (Lipinski definition) is 5. The third kappa shape index (κ3) is 4.42. The van der Waals surface area contributed by atoms with Gasteiger partial charge in [0.05, 0.1) is 12.6 Å². The largest absolute Gasteiger partial charge is 0.463 e. The van der Waals surface area contributed by atoms with Crippen LogP contribution in [-0.2, 0) is 25.6 Å². The fourth-order valence-electron chi connectivity index (χ4n) is 3.75. The first-order valence-corrected chi connectivity index (χ1v) is 9.87. The Morgan fingerprint density at radius 1 is 1.04 bits per heavy atom. The molecule has 0 amide bonds. The monoisotopic (exact) mass is 381 g/mol. The molecule has 0 aromatic heterocycles. The van der Waals surface area contributed by atoms with Gasteiger partial charge in [0.25, 0.3) is 0 Å². The van der Waals surface area contributed by atoms with E-state index < -0.39 is 24.2 Å². The molecule has 28 heavy (non-hydrogen) atoms. The SMILES string of the molecule is CCCC1C(=O)O[C@@H](C(=O)OCC)[C@@H](c2ccccc2)N1Cc1ccccc1. The van der Waals surface area contributed by atoms with Gasteiger partial charge in [-0.1, -0.05) is 74.0 Å². The number of ether oxygens (including phenoxy) is 2. The number of morpholine rings is 1. The summed E-state index contributed by atoms with van der Waals surface area (Å²) in [5.41, 5.74) is 2.02. The molecule has 1 aliphatic heterocycles. The van der Waals surface area contributed by atoms with Crippen LogP contribution in [0.4, 0.5) is 0 Å². The van der Waals surface area contributed by atoms with Gasteiger partial charge < -0.3 is 9.47 Å². The number of carbonyl (C=O) groups excluding carboxylic acids is 2. The molecular formula is C23H27NO4. The summed E-state index contributed by atoms with van der Waals surface area (Å²) in [6.07, 6.45) is 0.535. The summed E-state index contributed by atoms with van der Waals surface area (Å²) in [4.78, 5) is 27.6. The maximum Gasteiger partial charge on any atom is 0.349 e. The van der Waals surface area contributed by atoms with Crippen molar-refractivity contribution in [3.8, 4) is 0 Å². The van der Waals surface area contributed by atoms with Gasteiger partial charge in [-0.3, -0.25) is 9.69 Å². The van der Waals surface area contributed by atoms with Crippen LogP contribution in [0.1, 0.15) is 43.9 Å². The van der Waals surface area contributed by atoms with Crippen molar-refractivity contribution in [3.63, 3.8) is 0 Å². The number of cyclic esters (lactones) is 1. The summed E-state index contributed by atoms with van der Waals surface area (Å²) >= 11 is 0. The predicted molar refractivity (Wildman–Crippen MR) is 106 cm³/mol. The lowest BCUT2D eigenvalue weighted by molar-refractivity contribution is -0.190. The minimum Gasteiger partial charge on any atom is -0.463 e. The maximum absolute atomic E-state index is 12.8. The zero-order valence-electron chi connectivity index (χ0n) is 16.4. The molecule has 2 aromatic rings. The van der Waals surface area contributed by atoms with Crippen LogP contribution in [0, 0.1) is 0 Å². The Labute approximate surface area is 166 Å². The van der Waals surface area contributed by atoms with E-state index >= 15 is 0 Å². The molecule has 1 saturated heterocycles. The molecule has 5 nitrogen and oxygen atoms in total. The smallest absolute Gasteiger partial charge is 0.349 e. The Hall–Kier alpha value is -2.66. The van der Waals surface area contributed by atoms with Crippen LogP contribution < -0.4 is 0 Å². The topological polar surface area (TPSA) is 55.8 Å². The minimum atomic E-state index is -0.980. The first-order valence-electron chi connectivity index (χ1n) is 9.87. The van der Waals surface area contributed by atoms with Gasteiger partial charge in [0.1, 0.15) is 6.04 Å². The van der Waals surface area contributed by atoms with Crippen molar-refractivity contribution in [1.29, 1.82) is 0 Å². The van der Waals surface area contributed by atoms with Gasteiger partial charge in [0.2, 0.25) is 6.10 Å². The van der Waals surface area contributed by atoms with Crippen LogP contribution in [0.15, 0.2) is 60.7 Å². The third-order valence-electron chi connectivity index (χ3n) is 4.99. The highest BCUT2D eigenvalue weighted by molar-refractivity contribution is 5.84. The van der Waals surface area contributed by atoms with Gasteiger partial charge in [0, 0.05) is 6.54 Å². The van der Waals surface area contributed by atoms with Crippen molar-refractivity contribution < 1.29 is 19.1 Å². The highest BCUT2D eigenvalue weighted by atomic mass is 16.6. The van der Waals surface area contributed by atoms with E-state index in [-0.39, 0.29) is 12.6 Å². The first-order chi connectivity index (χ1) is 13.7. The fraction of sp³-hybridized carbons (Fsp3) is 0.391. The summed E-state index contributed by atoms with van der Waals surface area (Å²) in [5.74, 6) is -0.860. The van der Waals surface area contributed by atoms with E-state index in [9.17, 15) is 9.59 Å². The maximum atomic E-state index is 12.8. The van der Waals surface area contributed by atoms with Crippen molar-refractivity contribution in [2.75, 3.05) is 6.61 Å². The van der Waals surface area contributed by atoms with Crippen LogP contribution in [0.2, 0.25) is 0 Å². The Morgan fingerprint density at radius 3 is 2.29 bits per heavy atom. The molecule has 148 valence electrons. The molecule has 0 bridgehead atoms. The third-order valence-corrected chi connectivity index (χ3v) is 4.99. The summed E-state index contributed by atoms with van der Waals surface area (Å²) in [7, 11) is 0. The molecule has 1 unspecified atom stereocenters. The number of rotatable bonds is 7. The van der Waals surface area contributed by atoms with E-state index in [1.165, 1.54) is 0 Å². The Morgan fingerprint density at radius 2 is 1.68 bits per heavy atom. The molecule has 0 saturated carbocycles. The van der Waals surface area contributed by atoms with Gasteiger partial charge in [0.15, 0.2) is 0 Å². The van der Waals surface area contributed by atoms with Crippen LogP contribution in [0.25, 0.3) is 0 Å². The molecule has 5 heteroatoms. The predicted octanol–water partition coefficient (Wildman–Crippen LogP) is 3.89. The fourth-order valence-corrected chi connectivity index (χ4v) is 3.75. The standard InChI is InChI=1S/C23H27NO4/c1-3-11-19-22(25)28-21(23(26)27-4-2)20(18-14-9-6-10-15-18)24(19)16-17-12-7-5-8-13-17/h5-10,12-15,19-21H,3-4,11,16H2,1-2H3/t19?,20-,21-/m1/s1. The summed E-state index contributed by atoms with van der Waals surface area (Å²) in [6, 6.07) is 18.9. The van der Waals surface area contributed by atoms with Crippen molar-refractivity contribution >= 4 is 11.9 Å². The average Bonchev–Trinajstić information content (AvgIpc) is 2.72. The first kappa shape index (κ1) is 20.1. The lowest BCUT2D eigenvalue weighted by atomic mass is 9.93. The van der Waals surface area contributed by atoms with E-state index in [1.54, 1.807) is 6.92 Å². The number of benzene rings is 2. The quantitative estimate of drug-likeness (QED) is 0.681. The molecule has 3 rings (SSSR count). The molecule has 0 aliphatic carbocycles. The van der Waals surface area contributed by atoms with Crippen molar-refractivity contribution in [1.82, 2.24) is 4.90 Å². The van der Waals surface area contributed by atoms with Crippen LogP contribution >= 0.6 is 0 Å². The van der Waals surface area contributed by atoms with Gasteiger partial charge in [-0.05, 0) is 24.5 Å². The second-order valence-corrected chi connectivity index (χ2v) is 6.93. The molecule has 0 N–H and O–H groups in total. The average molecular weight is 381 g/mol. The summed E-state index contributed by atoms with van der Waals surface area (Å²) in [6.45, 7) is 4.59. The Bertz CT molecular complexity index is 778. The van der Waals surface area contributed by atoms with E-state index in [0.717, 1.165) is 17.5 Å². The molecule has 2 aromatic carbocycles. The van der Waals surface area contributed by atoms with Crippen LogP contribution in [0.5, 0.6) is 0 Å². The van der Waals surface area contributed by atoms with E-state index in [1.807, 2.05) is 67.6 Å². The van der Waals surface area contributed by atoms with Crippen molar-refractivity contribution in [3.05, 3.63) is 71.8 Å². The zero-order valence-corrected chi connectivity index (χ0v) is 16.4. The number of nitrogens with zero attached hydrogens (tertiary/aromatic N) is 1. The van der Waals surface area contributed by atoms with Crippen molar-refractivity contribution in [2.45, 2.75) is 51.4 Å². The summed E-state index contributed by atoms with van der Waals surface area (Å²) < 4.78 is 10.9. The van der Waals surface area contributed by atoms with Gasteiger partial charge >= 0.3 is 11.9 Å². The van der Waals surface area contributed by atoms with Crippen LogP contribution in [0.3, 0.4) is 0 Å². The molecular weight excluding hydrogens is 354 g/mol. The zero-order chi connectivity index (χ0) is 19.9. The summed E-state index contributed by atoms with van der Waals surface area (Å²) in [5, 5.41) is 0. The van der Waals surface area contributed by atoms with Gasteiger partial charge in [-0.2, -0.15) is 0 Å². The van der Waals surface area contributed by atoms with Crippen LogP contribution in [-0.4, -0.2) is 35.6 Å². The molecule has 1 fully saturated rings. The highest BCUT2D eigenvalue weighted by Crippen LogP contribution is 2.36. The number of hydrogen-bond donors (Lipinski definition) is 0. The lowest BCUT2D eigenvalue weighted by Crippen LogP contribution is -2.56. The van der Waals surface area contributed by atoms with Gasteiger partial charge in [-0.25, -0.2) is 4.79 Å².